The number of hydrogen-bond acceptors (Lipinski definition) is 8. The molecule has 10 heteroatoms. The highest BCUT2D eigenvalue weighted by atomic mass is 31.2. The van der Waals surface area contributed by atoms with Crippen molar-refractivity contribution in [2.45, 2.75) is 367 Å². The molecule has 0 bridgehead atoms. The van der Waals surface area contributed by atoms with Crippen LogP contribution < -0.4 is 5.73 Å². The van der Waals surface area contributed by atoms with Gasteiger partial charge < -0.3 is 20.1 Å². The number of carbonyl (C=O) groups is 2. The number of rotatable bonds is 66. The molecule has 0 amide bonds. The summed E-state index contributed by atoms with van der Waals surface area (Å²) in [6.07, 6.45) is 80.9. The minimum atomic E-state index is -4.39. The lowest BCUT2D eigenvalue weighted by Gasteiger charge is -2.19. The predicted molar refractivity (Wildman–Crippen MR) is 340 cm³/mol. The first-order valence-corrected chi connectivity index (χ1v) is 36.0. The van der Waals surface area contributed by atoms with Gasteiger partial charge in [0.25, 0.3) is 0 Å². The van der Waals surface area contributed by atoms with E-state index in [0.29, 0.717) is 6.42 Å². The van der Waals surface area contributed by atoms with Crippen LogP contribution in [0.5, 0.6) is 0 Å². The standard InChI is InChI=1S/C69H132NO8P/c1-3-5-7-9-11-13-15-17-19-21-23-25-27-29-31-33-35-37-39-41-43-45-47-49-51-53-55-57-59-61-68(71)75-65-67(66-77-79(73,74)76-64-63-70)78-69(72)62-60-58-56-54-52-50-48-46-44-42-40-38-36-34-32-30-28-26-24-22-20-18-16-14-12-10-8-6-4-2/h16,18,22,24,28,30,67H,3-15,17,19-21,23,25-27,29,31-66,70H2,1-2H3,(H,73,74)/b18-16-,24-22-,30-28-. The van der Waals surface area contributed by atoms with Gasteiger partial charge in [-0.1, -0.05) is 333 Å². The van der Waals surface area contributed by atoms with Crippen LogP contribution in [-0.2, 0) is 32.7 Å². The Morgan fingerprint density at radius 3 is 0.975 bits per heavy atom. The van der Waals surface area contributed by atoms with Gasteiger partial charge in [-0.3, -0.25) is 18.6 Å². The molecule has 0 aromatic heterocycles. The molecule has 0 radical (unpaired) electrons. The van der Waals surface area contributed by atoms with E-state index >= 15 is 0 Å². The summed E-state index contributed by atoms with van der Waals surface area (Å²) in [5.74, 6) is -0.808. The van der Waals surface area contributed by atoms with Crippen LogP contribution in [0.3, 0.4) is 0 Å². The highest BCUT2D eigenvalue weighted by Gasteiger charge is 2.26. The fourth-order valence-corrected chi connectivity index (χ4v) is 11.2. The lowest BCUT2D eigenvalue weighted by molar-refractivity contribution is -0.161. The van der Waals surface area contributed by atoms with E-state index in [2.05, 4.69) is 50.3 Å². The molecule has 0 aliphatic rings. The number of allylic oxidation sites excluding steroid dienone is 6. The number of nitrogens with two attached hydrogens (primary N) is 1. The van der Waals surface area contributed by atoms with Gasteiger partial charge in [0, 0.05) is 19.4 Å². The Hall–Kier alpha value is -1.77. The van der Waals surface area contributed by atoms with Crippen LogP contribution >= 0.6 is 7.82 Å². The Morgan fingerprint density at radius 2 is 0.658 bits per heavy atom. The molecule has 0 saturated carbocycles. The summed E-state index contributed by atoms with van der Waals surface area (Å²) in [5, 5.41) is 0. The topological polar surface area (TPSA) is 134 Å². The lowest BCUT2D eigenvalue weighted by Crippen LogP contribution is -2.29. The first kappa shape index (κ1) is 77.2. The van der Waals surface area contributed by atoms with Crippen LogP contribution in [0.2, 0.25) is 0 Å². The second-order valence-electron chi connectivity index (χ2n) is 23.4. The summed E-state index contributed by atoms with van der Waals surface area (Å²) in [7, 11) is -4.39. The largest absolute Gasteiger partial charge is 0.472 e. The van der Waals surface area contributed by atoms with Crippen molar-refractivity contribution >= 4 is 19.8 Å². The Labute approximate surface area is 490 Å². The highest BCUT2D eigenvalue weighted by molar-refractivity contribution is 7.47. The van der Waals surface area contributed by atoms with Crippen molar-refractivity contribution < 1.29 is 37.6 Å². The number of hydrogen-bond donors (Lipinski definition) is 2. The third kappa shape index (κ3) is 65.3. The second-order valence-corrected chi connectivity index (χ2v) is 24.9. The molecule has 0 aliphatic carbocycles. The Balaban J connectivity index is 3.85. The molecule has 2 atom stereocenters. The smallest absolute Gasteiger partial charge is 0.462 e. The molecule has 79 heavy (non-hydrogen) atoms. The van der Waals surface area contributed by atoms with Crippen molar-refractivity contribution in [3.8, 4) is 0 Å². The van der Waals surface area contributed by atoms with E-state index in [0.717, 1.165) is 51.4 Å². The maximum absolute atomic E-state index is 12.8. The van der Waals surface area contributed by atoms with E-state index in [1.165, 1.54) is 276 Å². The van der Waals surface area contributed by atoms with Crippen LogP contribution in [0.25, 0.3) is 0 Å². The van der Waals surface area contributed by atoms with Crippen LogP contribution in [0.1, 0.15) is 361 Å². The summed E-state index contributed by atoms with van der Waals surface area (Å²) in [6.45, 7) is 3.80. The molecule has 0 saturated heterocycles. The number of unbranched alkanes of at least 4 members (excludes halogenated alkanes) is 47. The fourth-order valence-electron chi connectivity index (χ4n) is 10.4. The average molecular weight is 1130 g/mol. The van der Waals surface area contributed by atoms with Crippen molar-refractivity contribution in [3.05, 3.63) is 36.5 Å². The maximum atomic E-state index is 12.8. The van der Waals surface area contributed by atoms with E-state index in [4.69, 9.17) is 24.3 Å². The average Bonchev–Trinajstić information content (AvgIpc) is 3.44. The quantitative estimate of drug-likeness (QED) is 0.0264. The van der Waals surface area contributed by atoms with E-state index in [1.54, 1.807) is 0 Å². The van der Waals surface area contributed by atoms with Crippen LogP contribution in [-0.4, -0.2) is 49.3 Å². The van der Waals surface area contributed by atoms with Gasteiger partial charge in [-0.15, -0.1) is 0 Å². The SMILES string of the molecule is CCCCCCC/C=C\C/C=C\C/C=C\CCCCCCCCCCCCCCCCC(=O)OC(COC(=O)CCCCCCCCCCCCCCCCCCCCCCCCCCCCCCC)COP(=O)(O)OCCN. The second kappa shape index (κ2) is 65.4. The van der Waals surface area contributed by atoms with Crippen molar-refractivity contribution in [1.82, 2.24) is 0 Å². The van der Waals surface area contributed by atoms with Gasteiger partial charge in [0.1, 0.15) is 6.61 Å². The maximum Gasteiger partial charge on any atom is 0.472 e. The minimum Gasteiger partial charge on any atom is -0.462 e. The van der Waals surface area contributed by atoms with Crippen molar-refractivity contribution in [1.29, 1.82) is 0 Å². The van der Waals surface area contributed by atoms with E-state index in [9.17, 15) is 19.0 Å². The molecular weight excluding hydrogens is 1000 g/mol. The van der Waals surface area contributed by atoms with Crippen LogP contribution in [0.15, 0.2) is 36.5 Å². The highest BCUT2D eigenvalue weighted by Crippen LogP contribution is 2.43. The van der Waals surface area contributed by atoms with Crippen molar-refractivity contribution in [2.75, 3.05) is 26.4 Å². The van der Waals surface area contributed by atoms with Gasteiger partial charge in [-0.25, -0.2) is 4.57 Å². The Morgan fingerprint density at radius 1 is 0.380 bits per heavy atom. The van der Waals surface area contributed by atoms with E-state index < -0.39 is 26.5 Å². The van der Waals surface area contributed by atoms with Gasteiger partial charge >= 0.3 is 19.8 Å². The zero-order valence-electron chi connectivity index (χ0n) is 52.4. The molecule has 0 rings (SSSR count). The summed E-state index contributed by atoms with van der Waals surface area (Å²) < 4.78 is 33.2. The molecule has 0 spiro atoms. The van der Waals surface area contributed by atoms with Crippen molar-refractivity contribution in [3.63, 3.8) is 0 Å². The van der Waals surface area contributed by atoms with Gasteiger partial charge in [-0.2, -0.15) is 0 Å². The fraction of sp³-hybridized carbons (Fsp3) is 0.884. The molecule has 466 valence electrons. The van der Waals surface area contributed by atoms with Crippen LogP contribution in [0.4, 0.5) is 0 Å². The van der Waals surface area contributed by atoms with E-state index in [1.807, 2.05) is 0 Å². The zero-order chi connectivity index (χ0) is 57.3. The molecule has 0 heterocycles. The summed E-state index contributed by atoms with van der Waals surface area (Å²) >= 11 is 0. The van der Waals surface area contributed by atoms with Gasteiger partial charge in [0.05, 0.1) is 13.2 Å². The molecule has 2 unspecified atom stereocenters. The predicted octanol–water partition coefficient (Wildman–Crippen LogP) is 22.3. The Kier molecular flexibility index (Phi) is 63.9. The molecule has 3 N–H and O–H groups in total. The van der Waals surface area contributed by atoms with Gasteiger partial charge in [-0.05, 0) is 51.4 Å². The first-order chi connectivity index (χ1) is 38.8. The number of phosphoric ester groups is 1. The third-order valence-corrected chi connectivity index (χ3v) is 16.5. The van der Waals surface area contributed by atoms with E-state index in [-0.39, 0.29) is 38.6 Å². The molecule has 0 fully saturated rings. The number of carbonyl (C=O) groups excluding carboxylic acids is 2. The zero-order valence-corrected chi connectivity index (χ0v) is 53.3. The molecule has 0 aliphatic heterocycles. The summed E-state index contributed by atoms with van der Waals surface area (Å²) in [5.41, 5.74) is 5.40. The lowest BCUT2D eigenvalue weighted by atomic mass is 10.0. The monoisotopic (exact) mass is 1130 g/mol. The molecule has 9 nitrogen and oxygen atoms in total. The van der Waals surface area contributed by atoms with Crippen molar-refractivity contribution in [2.24, 2.45) is 5.73 Å². The summed E-state index contributed by atoms with van der Waals surface area (Å²) in [4.78, 5) is 35.3. The summed E-state index contributed by atoms with van der Waals surface area (Å²) in [6, 6.07) is 0. The molecule has 0 aromatic rings. The molecular formula is C69H132NO8P. The normalized spacial score (nSPS) is 13.1. The third-order valence-electron chi connectivity index (χ3n) is 15.5. The number of ether oxygens (including phenoxy) is 2. The first-order valence-electron chi connectivity index (χ1n) is 34.5. The number of esters is 2. The van der Waals surface area contributed by atoms with Gasteiger partial charge in [0.2, 0.25) is 0 Å². The van der Waals surface area contributed by atoms with Crippen LogP contribution in [0, 0.1) is 0 Å². The molecule has 0 aromatic carbocycles. The minimum absolute atomic E-state index is 0.0553. The Bertz CT molecular complexity index is 1390. The van der Waals surface area contributed by atoms with Gasteiger partial charge in [0.15, 0.2) is 6.10 Å². The number of phosphoric acid groups is 1.